The van der Waals surface area contributed by atoms with Crippen LogP contribution in [-0.2, 0) is 10.3 Å². The zero-order chi connectivity index (χ0) is 25.9. The average Bonchev–Trinajstić information content (AvgIpc) is 3.46. The molecule has 0 saturated heterocycles. The van der Waals surface area contributed by atoms with Gasteiger partial charge in [0.2, 0.25) is 0 Å². The molecule has 0 bridgehead atoms. The number of benzene rings is 1. The van der Waals surface area contributed by atoms with Crippen LogP contribution in [-0.4, -0.2) is 49.3 Å². The Bertz CT molecular complexity index is 1240. The number of ether oxygens (including phenoxy) is 3. The monoisotopic (exact) mass is 497 g/mol. The second-order valence-electron chi connectivity index (χ2n) is 9.34. The van der Waals surface area contributed by atoms with Crippen LogP contribution in [0.25, 0.3) is 0 Å². The van der Waals surface area contributed by atoms with E-state index in [9.17, 15) is 14.9 Å². The number of carbonyl (C=O) groups excluding carboxylic acids is 1. The van der Waals surface area contributed by atoms with Crippen molar-refractivity contribution < 1.29 is 23.9 Å². The highest BCUT2D eigenvalue weighted by Gasteiger charge is 2.32. The molecule has 4 rings (SSSR count). The van der Waals surface area contributed by atoms with Gasteiger partial charge >= 0.3 is 12.2 Å². The van der Waals surface area contributed by atoms with Crippen molar-refractivity contribution >= 4 is 23.5 Å². The maximum atomic E-state index is 12.2. The molecular weight excluding hydrogens is 470 g/mol. The van der Waals surface area contributed by atoms with Crippen molar-refractivity contribution in [2.24, 2.45) is 0 Å². The largest absolute Gasteiger partial charge is 0.514 e. The Morgan fingerprint density at radius 1 is 1.22 bits per heavy atom. The number of nitro benzene ring substituents is 1. The van der Waals surface area contributed by atoms with Gasteiger partial charge in [0.05, 0.1) is 29.5 Å². The van der Waals surface area contributed by atoms with Crippen LogP contribution >= 0.6 is 0 Å². The van der Waals surface area contributed by atoms with E-state index in [0.29, 0.717) is 18.7 Å². The van der Waals surface area contributed by atoms with Gasteiger partial charge in [-0.3, -0.25) is 10.1 Å². The lowest BCUT2D eigenvalue weighted by molar-refractivity contribution is -0.384. The molecule has 2 heterocycles. The number of hydrogen-bond acceptors (Lipinski definition) is 11. The van der Waals surface area contributed by atoms with Gasteiger partial charge in [-0.05, 0) is 52.2 Å². The van der Waals surface area contributed by atoms with Crippen LogP contribution in [0.3, 0.4) is 0 Å². The average molecular weight is 498 g/mol. The molecule has 1 aliphatic carbocycles. The first-order valence-corrected chi connectivity index (χ1v) is 11.4. The Balaban J connectivity index is 1.41. The van der Waals surface area contributed by atoms with Crippen LogP contribution < -0.4 is 14.8 Å². The number of carbonyl (C=O) groups is 1. The van der Waals surface area contributed by atoms with Gasteiger partial charge in [0.1, 0.15) is 17.7 Å². The van der Waals surface area contributed by atoms with Crippen LogP contribution in [0.15, 0.2) is 36.5 Å². The summed E-state index contributed by atoms with van der Waals surface area (Å²) in [7, 11) is 1.47. The molecule has 0 spiro atoms. The lowest BCUT2D eigenvalue weighted by Gasteiger charge is -2.22. The third-order valence-corrected chi connectivity index (χ3v) is 5.66. The van der Waals surface area contributed by atoms with E-state index in [1.54, 1.807) is 0 Å². The third kappa shape index (κ3) is 5.85. The SMILES string of the molecule is COc1nncc(Nc2cc([C@H]3CC[C@@H](OC(=O)Oc4ccc([N+](=O)[O-])cc4)C3)nn2C(C)(C)C)n1. The summed E-state index contributed by atoms with van der Waals surface area (Å²) in [5.74, 6) is 1.47. The number of non-ortho nitro benzene ring substituents is 1. The highest BCUT2D eigenvalue weighted by molar-refractivity contribution is 5.64. The predicted octanol–water partition coefficient (Wildman–Crippen LogP) is 4.34. The van der Waals surface area contributed by atoms with E-state index < -0.39 is 11.1 Å². The van der Waals surface area contributed by atoms with Gasteiger partial charge in [-0.2, -0.15) is 15.2 Å². The molecule has 1 fully saturated rings. The maximum absolute atomic E-state index is 12.2. The normalized spacial score (nSPS) is 17.4. The molecule has 13 nitrogen and oxygen atoms in total. The van der Waals surface area contributed by atoms with Crippen LogP contribution in [0.4, 0.5) is 22.1 Å². The minimum atomic E-state index is -0.845. The van der Waals surface area contributed by atoms with Crippen LogP contribution in [0, 0.1) is 10.1 Å². The summed E-state index contributed by atoms with van der Waals surface area (Å²) in [6.07, 6.45) is 2.38. The molecule has 1 saturated carbocycles. The van der Waals surface area contributed by atoms with E-state index in [2.05, 4.69) is 20.5 Å². The van der Waals surface area contributed by atoms with Gasteiger partial charge in [-0.15, -0.1) is 0 Å². The molecule has 0 radical (unpaired) electrons. The number of rotatable bonds is 7. The van der Waals surface area contributed by atoms with E-state index in [-0.39, 0.29) is 35.0 Å². The van der Waals surface area contributed by atoms with Gasteiger partial charge in [0.25, 0.3) is 5.69 Å². The fourth-order valence-electron chi connectivity index (χ4n) is 3.97. The Morgan fingerprint density at radius 2 is 1.97 bits per heavy atom. The highest BCUT2D eigenvalue weighted by Crippen LogP contribution is 2.38. The van der Waals surface area contributed by atoms with Crippen molar-refractivity contribution in [2.45, 2.75) is 57.6 Å². The third-order valence-electron chi connectivity index (χ3n) is 5.66. The summed E-state index contributed by atoms with van der Waals surface area (Å²) in [4.78, 5) is 26.7. The number of anilines is 2. The number of nitrogens with zero attached hydrogens (tertiary/aromatic N) is 6. The summed E-state index contributed by atoms with van der Waals surface area (Å²) in [5, 5.41) is 26.5. The number of nitro groups is 1. The molecule has 36 heavy (non-hydrogen) atoms. The van der Waals surface area contributed by atoms with E-state index in [1.165, 1.54) is 37.6 Å². The van der Waals surface area contributed by atoms with Crippen molar-refractivity contribution in [1.82, 2.24) is 25.0 Å². The molecule has 13 heteroatoms. The first-order valence-electron chi connectivity index (χ1n) is 11.4. The predicted molar refractivity (Wildman–Crippen MR) is 127 cm³/mol. The number of nitrogens with one attached hydrogen (secondary N) is 1. The summed E-state index contributed by atoms with van der Waals surface area (Å²) in [6, 6.07) is 7.35. The van der Waals surface area contributed by atoms with Crippen LogP contribution in [0.5, 0.6) is 11.8 Å². The minimum Gasteiger partial charge on any atom is -0.466 e. The van der Waals surface area contributed by atoms with Crippen LogP contribution in [0.2, 0.25) is 0 Å². The van der Waals surface area contributed by atoms with Crippen molar-refractivity contribution in [3.8, 4) is 11.8 Å². The lowest BCUT2D eigenvalue weighted by Crippen LogP contribution is -2.25. The van der Waals surface area contributed by atoms with E-state index in [1.807, 2.05) is 31.5 Å². The summed E-state index contributed by atoms with van der Waals surface area (Å²) in [5.41, 5.74) is 0.470. The van der Waals surface area contributed by atoms with E-state index >= 15 is 0 Å². The Hall–Kier alpha value is -4.29. The summed E-state index contributed by atoms with van der Waals surface area (Å²) >= 11 is 0. The Morgan fingerprint density at radius 3 is 2.64 bits per heavy atom. The second-order valence-corrected chi connectivity index (χ2v) is 9.34. The Kier molecular flexibility index (Phi) is 6.99. The second kappa shape index (κ2) is 10.1. The molecule has 0 amide bonds. The molecule has 1 N–H and O–H groups in total. The molecule has 2 aromatic heterocycles. The van der Waals surface area contributed by atoms with Gasteiger partial charge in [-0.1, -0.05) is 5.10 Å². The molecule has 1 aliphatic rings. The van der Waals surface area contributed by atoms with Gasteiger partial charge in [-0.25, -0.2) is 9.48 Å². The van der Waals surface area contributed by atoms with Crippen molar-refractivity contribution in [3.05, 3.63) is 52.3 Å². The fourth-order valence-corrected chi connectivity index (χ4v) is 3.97. The molecule has 0 aliphatic heterocycles. The zero-order valence-electron chi connectivity index (χ0n) is 20.4. The topological polar surface area (TPSA) is 156 Å². The highest BCUT2D eigenvalue weighted by atomic mass is 16.7. The first kappa shape index (κ1) is 24.8. The van der Waals surface area contributed by atoms with E-state index in [4.69, 9.17) is 19.3 Å². The van der Waals surface area contributed by atoms with E-state index in [0.717, 1.165) is 17.9 Å². The summed E-state index contributed by atoms with van der Waals surface area (Å²) in [6.45, 7) is 6.13. The van der Waals surface area contributed by atoms with Crippen molar-refractivity contribution in [2.75, 3.05) is 12.4 Å². The standard InChI is InChI=1S/C23H27N7O6/c1-23(2,3)29-20(25-19-13-24-27-21(26-19)34-4)12-18(28-29)14-5-8-17(11-14)36-22(31)35-16-9-6-15(7-10-16)30(32)33/h6-7,9-10,12-14,17H,5,8,11H2,1-4H3,(H,25,26,27)/t14-,17+/m0/s1. The summed E-state index contributed by atoms with van der Waals surface area (Å²) < 4.78 is 17.6. The fraction of sp³-hybridized carbons (Fsp3) is 0.435. The van der Waals surface area contributed by atoms with Gasteiger partial charge in [0.15, 0.2) is 5.82 Å². The number of methoxy groups -OCH3 is 1. The zero-order valence-corrected chi connectivity index (χ0v) is 20.4. The van der Waals surface area contributed by atoms with Crippen molar-refractivity contribution in [1.29, 1.82) is 0 Å². The molecule has 1 aromatic carbocycles. The number of aromatic nitrogens is 5. The molecule has 190 valence electrons. The smallest absolute Gasteiger partial charge is 0.466 e. The first-order chi connectivity index (χ1) is 17.1. The number of hydrogen-bond donors (Lipinski definition) is 1. The maximum Gasteiger partial charge on any atom is 0.514 e. The quantitative estimate of drug-likeness (QED) is 0.214. The Labute approximate surface area is 206 Å². The molecular formula is C23H27N7O6. The lowest BCUT2D eigenvalue weighted by atomic mass is 10.0. The minimum absolute atomic E-state index is 0.0874. The molecule has 3 aromatic rings. The molecule has 2 atom stereocenters. The molecule has 0 unspecified atom stereocenters. The van der Waals surface area contributed by atoms with Crippen LogP contribution in [0.1, 0.15) is 51.6 Å². The van der Waals surface area contributed by atoms with Gasteiger partial charge in [0, 0.05) is 24.1 Å². The van der Waals surface area contributed by atoms with Gasteiger partial charge < -0.3 is 19.5 Å². The van der Waals surface area contributed by atoms with Crippen molar-refractivity contribution in [3.63, 3.8) is 0 Å².